The molecule has 3 atom stereocenters. The van der Waals surface area contributed by atoms with Crippen LogP contribution in [0.5, 0.6) is 0 Å². The van der Waals surface area contributed by atoms with Crippen molar-refractivity contribution in [3.8, 4) is 0 Å². The van der Waals surface area contributed by atoms with Crippen LogP contribution in [0.3, 0.4) is 0 Å². The first-order valence-electron chi connectivity index (χ1n) is 5.98. The van der Waals surface area contributed by atoms with Crippen molar-refractivity contribution >= 4 is 11.7 Å². The number of nitrogen functional groups attached to an aromatic ring is 1. The highest BCUT2D eigenvalue weighted by Crippen LogP contribution is 2.31. The van der Waals surface area contributed by atoms with Gasteiger partial charge in [0.1, 0.15) is 5.82 Å². The Bertz CT molecular complexity index is 403. The number of anilines is 1. The molecule has 3 N–H and O–H groups in total. The summed E-state index contributed by atoms with van der Waals surface area (Å²) in [4.78, 5) is 11.9. The van der Waals surface area contributed by atoms with Gasteiger partial charge in [-0.1, -0.05) is 13.8 Å². The zero-order valence-electron chi connectivity index (χ0n) is 10.2. The second-order valence-electron chi connectivity index (χ2n) is 4.84. The van der Waals surface area contributed by atoms with Gasteiger partial charge in [0.15, 0.2) is 5.69 Å². The monoisotopic (exact) mass is 234 g/mol. The second-order valence-corrected chi connectivity index (χ2v) is 4.84. The van der Waals surface area contributed by atoms with Gasteiger partial charge in [0.2, 0.25) is 0 Å². The maximum atomic E-state index is 11.9. The SMILES string of the molecule is CC1CCC(NC(=O)c2ccc(N)nn2)C1C. The first-order chi connectivity index (χ1) is 8.08. The standard InChI is InChI=1S/C12H18N4O/c1-7-3-4-9(8(7)2)14-12(17)10-5-6-11(13)16-15-10/h5-9H,3-4H2,1-2H3,(H2,13,16)(H,14,17). The van der Waals surface area contributed by atoms with Crippen molar-refractivity contribution in [2.75, 3.05) is 5.73 Å². The molecular weight excluding hydrogens is 216 g/mol. The molecule has 0 bridgehead atoms. The topological polar surface area (TPSA) is 80.9 Å². The first-order valence-corrected chi connectivity index (χ1v) is 5.98. The minimum atomic E-state index is -0.163. The fourth-order valence-corrected chi connectivity index (χ4v) is 2.27. The molecule has 0 spiro atoms. The van der Waals surface area contributed by atoms with E-state index in [1.807, 2.05) is 0 Å². The van der Waals surface area contributed by atoms with E-state index in [0.717, 1.165) is 6.42 Å². The lowest BCUT2D eigenvalue weighted by Gasteiger charge is -2.19. The van der Waals surface area contributed by atoms with Crippen molar-refractivity contribution in [1.29, 1.82) is 0 Å². The normalized spacial score (nSPS) is 28.0. The summed E-state index contributed by atoms with van der Waals surface area (Å²) in [7, 11) is 0. The second kappa shape index (κ2) is 4.69. The molecule has 17 heavy (non-hydrogen) atoms. The summed E-state index contributed by atoms with van der Waals surface area (Å²) in [5.41, 5.74) is 5.75. The van der Waals surface area contributed by atoms with Crippen LogP contribution in [0.1, 0.15) is 37.2 Å². The molecule has 2 rings (SSSR count). The van der Waals surface area contributed by atoms with E-state index in [0.29, 0.717) is 23.3 Å². The van der Waals surface area contributed by atoms with Gasteiger partial charge in [0.05, 0.1) is 0 Å². The molecule has 1 fully saturated rings. The van der Waals surface area contributed by atoms with Crippen LogP contribution in [0.4, 0.5) is 5.82 Å². The number of nitrogens with zero attached hydrogens (tertiary/aromatic N) is 2. The molecule has 1 saturated carbocycles. The van der Waals surface area contributed by atoms with Crippen LogP contribution in [0, 0.1) is 11.8 Å². The highest BCUT2D eigenvalue weighted by atomic mass is 16.2. The van der Waals surface area contributed by atoms with E-state index in [1.165, 1.54) is 6.42 Å². The third-order valence-corrected chi connectivity index (χ3v) is 3.70. The Hall–Kier alpha value is -1.65. The van der Waals surface area contributed by atoms with Crippen LogP contribution < -0.4 is 11.1 Å². The van der Waals surface area contributed by atoms with E-state index in [9.17, 15) is 4.79 Å². The fraction of sp³-hybridized carbons (Fsp3) is 0.583. The number of amides is 1. The summed E-state index contributed by atoms with van der Waals surface area (Å²) in [5, 5.41) is 10.5. The predicted molar refractivity (Wildman–Crippen MR) is 65.3 cm³/mol. The molecule has 1 aromatic rings. The van der Waals surface area contributed by atoms with Crippen molar-refractivity contribution in [3.05, 3.63) is 17.8 Å². The van der Waals surface area contributed by atoms with E-state index in [1.54, 1.807) is 12.1 Å². The molecule has 0 aliphatic heterocycles. The average Bonchev–Trinajstić information content (AvgIpc) is 2.62. The molecule has 5 heteroatoms. The molecule has 0 aromatic carbocycles. The van der Waals surface area contributed by atoms with Crippen molar-refractivity contribution in [3.63, 3.8) is 0 Å². The molecule has 1 aliphatic carbocycles. The molecular formula is C12H18N4O. The van der Waals surface area contributed by atoms with Gasteiger partial charge in [-0.05, 0) is 36.8 Å². The van der Waals surface area contributed by atoms with Crippen LogP contribution in [-0.4, -0.2) is 22.1 Å². The summed E-state index contributed by atoms with van der Waals surface area (Å²) < 4.78 is 0. The van der Waals surface area contributed by atoms with E-state index in [-0.39, 0.29) is 11.9 Å². The minimum Gasteiger partial charge on any atom is -0.382 e. The maximum absolute atomic E-state index is 11.9. The Morgan fingerprint density at radius 1 is 1.35 bits per heavy atom. The van der Waals surface area contributed by atoms with Crippen molar-refractivity contribution < 1.29 is 4.79 Å². The lowest BCUT2D eigenvalue weighted by atomic mass is 9.98. The summed E-state index contributed by atoms with van der Waals surface area (Å²) in [6.07, 6.45) is 2.20. The fourth-order valence-electron chi connectivity index (χ4n) is 2.27. The summed E-state index contributed by atoms with van der Waals surface area (Å²) in [6.45, 7) is 4.40. The highest BCUT2D eigenvalue weighted by molar-refractivity contribution is 5.92. The van der Waals surface area contributed by atoms with Gasteiger partial charge in [-0.15, -0.1) is 10.2 Å². The van der Waals surface area contributed by atoms with Gasteiger partial charge in [0.25, 0.3) is 5.91 Å². The van der Waals surface area contributed by atoms with Gasteiger partial charge < -0.3 is 11.1 Å². The Balaban J connectivity index is 2.00. The zero-order chi connectivity index (χ0) is 12.4. The largest absolute Gasteiger partial charge is 0.382 e. The lowest BCUT2D eigenvalue weighted by Crippen LogP contribution is -2.37. The Morgan fingerprint density at radius 3 is 2.65 bits per heavy atom. The third kappa shape index (κ3) is 2.54. The number of nitrogens with one attached hydrogen (secondary N) is 1. The number of nitrogens with two attached hydrogens (primary N) is 1. The minimum absolute atomic E-state index is 0.163. The Morgan fingerprint density at radius 2 is 2.12 bits per heavy atom. The number of aromatic nitrogens is 2. The number of carbonyl (C=O) groups excluding carboxylic acids is 1. The molecule has 3 unspecified atom stereocenters. The van der Waals surface area contributed by atoms with Crippen molar-refractivity contribution in [2.24, 2.45) is 11.8 Å². The molecule has 1 aromatic heterocycles. The molecule has 0 radical (unpaired) electrons. The third-order valence-electron chi connectivity index (χ3n) is 3.70. The van der Waals surface area contributed by atoms with Crippen LogP contribution >= 0.6 is 0 Å². The zero-order valence-corrected chi connectivity index (χ0v) is 10.2. The van der Waals surface area contributed by atoms with Crippen molar-refractivity contribution in [1.82, 2.24) is 15.5 Å². The smallest absolute Gasteiger partial charge is 0.272 e. The summed E-state index contributed by atoms with van der Waals surface area (Å²) in [5.74, 6) is 1.34. The van der Waals surface area contributed by atoms with Crippen molar-refractivity contribution in [2.45, 2.75) is 32.7 Å². The predicted octanol–water partition coefficient (Wildman–Crippen LogP) is 1.22. The van der Waals surface area contributed by atoms with Gasteiger partial charge in [-0.2, -0.15) is 0 Å². The van der Waals surface area contributed by atoms with Gasteiger partial charge in [-0.25, -0.2) is 0 Å². The van der Waals surface area contributed by atoms with Gasteiger partial charge in [0, 0.05) is 6.04 Å². The highest BCUT2D eigenvalue weighted by Gasteiger charge is 2.31. The Kier molecular flexibility index (Phi) is 3.26. The number of hydrogen-bond donors (Lipinski definition) is 2. The molecule has 5 nitrogen and oxygen atoms in total. The number of rotatable bonds is 2. The van der Waals surface area contributed by atoms with Crippen LogP contribution in [0.15, 0.2) is 12.1 Å². The van der Waals surface area contributed by atoms with Crippen LogP contribution in [-0.2, 0) is 0 Å². The van der Waals surface area contributed by atoms with Gasteiger partial charge >= 0.3 is 0 Å². The summed E-state index contributed by atoms with van der Waals surface area (Å²) >= 11 is 0. The molecule has 1 amide bonds. The Labute approximate surface area is 101 Å². The average molecular weight is 234 g/mol. The van der Waals surface area contributed by atoms with Crippen LogP contribution in [0.2, 0.25) is 0 Å². The quantitative estimate of drug-likeness (QED) is 0.806. The molecule has 1 aliphatic rings. The molecule has 92 valence electrons. The number of carbonyl (C=O) groups is 1. The molecule has 1 heterocycles. The van der Waals surface area contributed by atoms with E-state index in [2.05, 4.69) is 29.4 Å². The van der Waals surface area contributed by atoms with Crippen LogP contribution in [0.25, 0.3) is 0 Å². The van der Waals surface area contributed by atoms with E-state index >= 15 is 0 Å². The first kappa shape index (κ1) is 11.8. The van der Waals surface area contributed by atoms with E-state index < -0.39 is 0 Å². The number of hydrogen-bond acceptors (Lipinski definition) is 4. The van der Waals surface area contributed by atoms with Gasteiger partial charge in [-0.3, -0.25) is 4.79 Å². The van der Waals surface area contributed by atoms with E-state index in [4.69, 9.17) is 5.73 Å². The summed E-state index contributed by atoms with van der Waals surface area (Å²) in [6, 6.07) is 3.43. The molecule has 0 saturated heterocycles. The lowest BCUT2D eigenvalue weighted by molar-refractivity contribution is 0.0921. The maximum Gasteiger partial charge on any atom is 0.272 e.